The van der Waals surface area contributed by atoms with Crippen molar-refractivity contribution in [2.45, 2.75) is 12.2 Å². The Bertz CT molecular complexity index is 491. The smallest absolute Gasteiger partial charge is 0.127 e. The fourth-order valence-corrected chi connectivity index (χ4v) is 3.80. The van der Waals surface area contributed by atoms with E-state index in [0.29, 0.717) is 26.2 Å². The molecule has 0 saturated carbocycles. The summed E-state index contributed by atoms with van der Waals surface area (Å²) in [5, 5.41) is 19.1. The van der Waals surface area contributed by atoms with Gasteiger partial charge in [0.25, 0.3) is 0 Å². The third-order valence-electron chi connectivity index (χ3n) is 3.51. The first-order valence-corrected chi connectivity index (χ1v) is 10.0. The number of aliphatic hydroxyl groups excluding tert-OH is 2. The van der Waals surface area contributed by atoms with Gasteiger partial charge in [0.15, 0.2) is 0 Å². The maximum absolute atomic E-state index is 10.5. The summed E-state index contributed by atoms with van der Waals surface area (Å²) in [5.74, 6) is -1.62. The Hall–Kier alpha value is -0.340. The number of hydrogen-bond acceptors (Lipinski definition) is 8. The number of piperazine rings is 1. The highest BCUT2D eigenvalue weighted by molar-refractivity contribution is 7.85. The van der Waals surface area contributed by atoms with E-state index in [9.17, 15) is 36.2 Å². The number of hydrogen-bond donors (Lipinski definition) is 4. The average molecular weight is 362 g/mol. The van der Waals surface area contributed by atoms with Gasteiger partial charge in [-0.2, -0.15) is 0 Å². The molecule has 1 fully saturated rings. The van der Waals surface area contributed by atoms with Crippen molar-refractivity contribution in [3.8, 4) is 0 Å². The number of aliphatic hydroxyl groups is 2. The van der Waals surface area contributed by atoms with Crippen LogP contribution in [0.15, 0.2) is 0 Å². The molecule has 0 aromatic carbocycles. The summed E-state index contributed by atoms with van der Waals surface area (Å²) < 4.78 is 63.2. The molecule has 1 aliphatic rings. The predicted molar refractivity (Wildman–Crippen MR) is 72.3 cm³/mol. The van der Waals surface area contributed by atoms with E-state index in [0.717, 1.165) is 9.80 Å². The molecule has 1 heterocycles. The van der Waals surface area contributed by atoms with E-state index in [1.54, 1.807) is 0 Å². The maximum Gasteiger partial charge on any atom is 0.127 e. The second-order valence-electron chi connectivity index (χ2n) is 5.66. The Balaban J connectivity index is 2.31. The molecule has 0 unspecified atom stereocenters. The number of rotatable bonds is 8. The van der Waals surface area contributed by atoms with Gasteiger partial charge in [-0.05, 0) is 0 Å². The molecule has 0 radical (unpaired) electrons. The van der Waals surface area contributed by atoms with E-state index < -0.39 is 43.9 Å². The SMILES string of the molecule is O=S(=O)([O-])C[C@H](O)C[NH+]1CC[NH+](C[C@@H](O)CS(=O)(=O)[O-])CC1. The molecule has 1 saturated heterocycles. The van der Waals surface area contributed by atoms with Crippen LogP contribution in [0.1, 0.15) is 0 Å². The van der Waals surface area contributed by atoms with Gasteiger partial charge < -0.3 is 29.1 Å². The van der Waals surface area contributed by atoms with Crippen LogP contribution in [-0.4, -0.2) is 99.1 Å². The molecule has 1 aliphatic heterocycles. The molecule has 10 nitrogen and oxygen atoms in total. The van der Waals surface area contributed by atoms with E-state index in [4.69, 9.17) is 0 Å². The van der Waals surface area contributed by atoms with Gasteiger partial charge in [-0.3, -0.25) is 0 Å². The zero-order chi connectivity index (χ0) is 17.0. The fraction of sp³-hybridized carbons (Fsp3) is 1.00. The molecule has 12 heteroatoms. The highest BCUT2D eigenvalue weighted by Crippen LogP contribution is 1.88. The molecular formula is C10H22N2O8S2. The second kappa shape index (κ2) is 7.97. The first-order chi connectivity index (χ1) is 9.94. The summed E-state index contributed by atoms with van der Waals surface area (Å²) in [7, 11) is -8.91. The predicted octanol–water partition coefficient (Wildman–Crippen LogP) is -6.42. The zero-order valence-corrected chi connectivity index (χ0v) is 13.6. The van der Waals surface area contributed by atoms with Crippen molar-refractivity contribution >= 4 is 20.2 Å². The molecule has 0 aromatic heterocycles. The van der Waals surface area contributed by atoms with Crippen LogP contribution in [0, 0.1) is 0 Å². The van der Waals surface area contributed by atoms with Crippen molar-refractivity contribution in [2.24, 2.45) is 0 Å². The molecule has 132 valence electrons. The molecule has 0 aliphatic carbocycles. The van der Waals surface area contributed by atoms with Crippen molar-refractivity contribution in [3.05, 3.63) is 0 Å². The minimum Gasteiger partial charge on any atom is -0.748 e. The quantitative estimate of drug-likeness (QED) is 0.310. The average Bonchev–Trinajstić information content (AvgIpc) is 2.26. The van der Waals surface area contributed by atoms with Gasteiger partial charge in [0.2, 0.25) is 0 Å². The lowest BCUT2D eigenvalue weighted by Gasteiger charge is -2.31. The second-order valence-corrected chi connectivity index (χ2v) is 8.56. The van der Waals surface area contributed by atoms with Crippen molar-refractivity contribution in [1.29, 1.82) is 0 Å². The summed E-state index contributed by atoms with van der Waals surface area (Å²) in [6, 6.07) is 0. The van der Waals surface area contributed by atoms with Crippen LogP contribution in [-0.2, 0) is 20.2 Å². The standard InChI is InChI=1S/C10H22N2O8S2/c13-9(7-21(15,16)17)5-11-1-2-12(4-3-11)6-10(14)8-22(18,19)20/h9-10,13-14H,1-8H2,(H,15,16,17)(H,18,19,20)/t9-,10-/m1/s1. The van der Waals surface area contributed by atoms with Crippen molar-refractivity contribution in [2.75, 3.05) is 50.8 Å². The van der Waals surface area contributed by atoms with Crippen molar-refractivity contribution in [1.82, 2.24) is 0 Å². The van der Waals surface area contributed by atoms with E-state index in [-0.39, 0.29) is 13.1 Å². The Morgan fingerprint density at radius 1 is 0.773 bits per heavy atom. The largest absolute Gasteiger partial charge is 0.748 e. The molecule has 4 N–H and O–H groups in total. The topological polar surface area (TPSA) is 164 Å². The molecule has 2 atom stereocenters. The molecule has 0 bridgehead atoms. The van der Waals surface area contributed by atoms with Crippen LogP contribution in [0.4, 0.5) is 0 Å². The minimum atomic E-state index is -4.46. The Kier molecular flexibility index (Phi) is 7.14. The minimum absolute atomic E-state index is 0.145. The Labute approximate surface area is 129 Å². The summed E-state index contributed by atoms with van der Waals surface area (Å²) in [6.07, 6.45) is -2.43. The molecular weight excluding hydrogens is 340 g/mol. The normalized spacial score (nSPS) is 26.5. The third kappa shape index (κ3) is 8.95. The van der Waals surface area contributed by atoms with Crippen LogP contribution in [0.5, 0.6) is 0 Å². The van der Waals surface area contributed by atoms with E-state index in [1.807, 2.05) is 0 Å². The van der Waals surface area contributed by atoms with Crippen LogP contribution in [0.3, 0.4) is 0 Å². The van der Waals surface area contributed by atoms with E-state index >= 15 is 0 Å². The van der Waals surface area contributed by atoms with Crippen LogP contribution in [0.25, 0.3) is 0 Å². The third-order valence-corrected chi connectivity index (χ3v) is 5.09. The highest BCUT2D eigenvalue weighted by Gasteiger charge is 2.27. The maximum atomic E-state index is 10.5. The summed E-state index contributed by atoms with van der Waals surface area (Å²) in [4.78, 5) is 1.87. The van der Waals surface area contributed by atoms with Gasteiger partial charge in [-0.1, -0.05) is 0 Å². The summed E-state index contributed by atoms with van der Waals surface area (Å²) in [6.45, 7) is 2.63. The lowest BCUT2D eigenvalue weighted by molar-refractivity contribution is -1.01. The highest BCUT2D eigenvalue weighted by atomic mass is 32.2. The molecule has 0 aromatic rings. The van der Waals surface area contributed by atoms with Crippen LogP contribution < -0.4 is 9.80 Å². The van der Waals surface area contributed by atoms with Crippen LogP contribution in [0.2, 0.25) is 0 Å². The first kappa shape index (κ1) is 19.7. The van der Waals surface area contributed by atoms with E-state index in [1.165, 1.54) is 0 Å². The molecule has 1 rings (SSSR count). The zero-order valence-electron chi connectivity index (χ0n) is 12.0. The fourth-order valence-electron chi connectivity index (χ4n) is 2.62. The van der Waals surface area contributed by atoms with Crippen LogP contribution >= 0.6 is 0 Å². The van der Waals surface area contributed by atoms with Gasteiger partial charge >= 0.3 is 0 Å². The van der Waals surface area contributed by atoms with Gasteiger partial charge in [0.1, 0.15) is 51.5 Å². The van der Waals surface area contributed by atoms with Gasteiger partial charge in [0, 0.05) is 0 Å². The van der Waals surface area contributed by atoms with Gasteiger partial charge in [-0.15, -0.1) is 0 Å². The lowest BCUT2D eigenvalue weighted by atomic mass is 10.2. The summed E-state index contributed by atoms with van der Waals surface area (Å²) >= 11 is 0. The first-order valence-electron chi connectivity index (χ1n) is 6.85. The number of quaternary nitrogens is 2. The van der Waals surface area contributed by atoms with Crippen molar-refractivity contribution < 1.29 is 46.0 Å². The monoisotopic (exact) mass is 362 g/mol. The van der Waals surface area contributed by atoms with Gasteiger partial charge in [0.05, 0.1) is 31.7 Å². The summed E-state index contributed by atoms with van der Waals surface area (Å²) in [5.41, 5.74) is 0. The Morgan fingerprint density at radius 2 is 1.05 bits per heavy atom. The molecule has 22 heavy (non-hydrogen) atoms. The van der Waals surface area contributed by atoms with Crippen molar-refractivity contribution in [3.63, 3.8) is 0 Å². The molecule has 0 amide bonds. The van der Waals surface area contributed by atoms with E-state index in [2.05, 4.69) is 0 Å². The number of nitrogens with one attached hydrogen (secondary N) is 2. The Morgan fingerprint density at radius 3 is 1.27 bits per heavy atom. The lowest BCUT2D eigenvalue weighted by Crippen LogP contribution is -3.29. The van der Waals surface area contributed by atoms with Gasteiger partial charge in [-0.25, -0.2) is 16.8 Å². The molecule has 0 spiro atoms.